The number of aromatic nitrogens is 2. The van der Waals surface area contributed by atoms with Crippen molar-refractivity contribution in [2.45, 2.75) is 13.3 Å². The van der Waals surface area contributed by atoms with Gasteiger partial charge in [0, 0.05) is 44.5 Å². The number of methoxy groups -OCH3 is 1. The molecule has 1 heterocycles. The summed E-state index contributed by atoms with van der Waals surface area (Å²) in [5, 5.41) is 18.7. The Kier molecular flexibility index (Phi) is 11.5. The van der Waals surface area contributed by atoms with Crippen LogP contribution in [0.5, 0.6) is 5.75 Å². The zero-order valence-electron chi connectivity index (χ0n) is 23.4. The molecule has 0 saturated heterocycles. The molecular formula is C27H39N9O2. The van der Waals surface area contributed by atoms with Crippen LogP contribution in [0.3, 0.4) is 0 Å². The summed E-state index contributed by atoms with van der Waals surface area (Å²) in [6, 6.07) is 5.74. The van der Waals surface area contributed by atoms with Crippen molar-refractivity contribution in [2.24, 2.45) is 0 Å². The highest BCUT2D eigenvalue weighted by atomic mass is 16.5. The third-order valence-corrected chi connectivity index (χ3v) is 5.49. The summed E-state index contributed by atoms with van der Waals surface area (Å²) in [6.07, 6.45) is 5.44. The van der Waals surface area contributed by atoms with Gasteiger partial charge < -0.3 is 35.4 Å². The molecule has 0 radical (unpaired) electrons. The van der Waals surface area contributed by atoms with Crippen LogP contribution in [0.2, 0.25) is 0 Å². The van der Waals surface area contributed by atoms with E-state index in [4.69, 9.17) is 4.74 Å². The number of benzene rings is 1. The van der Waals surface area contributed by atoms with E-state index in [0.29, 0.717) is 41.5 Å². The standard InChI is InChI=1S/C27H39N9O2/c1-9-19(2)30-26-20(17-28)18-29-27(33-26)32-22-15-21(31-25(37)11-10-12-34(3)4)23(16-24(22)38-8)36(7)14-13-35(5)6/h10-11,15-16,18H,2,9,12-14H2,1,3-8H3,(H,31,37)(H2,29,30,32,33)/b11-10+. The van der Waals surface area contributed by atoms with Crippen LogP contribution in [0.15, 0.2) is 42.8 Å². The summed E-state index contributed by atoms with van der Waals surface area (Å²) < 4.78 is 5.67. The topological polar surface area (TPSA) is 122 Å². The van der Waals surface area contributed by atoms with Crippen LogP contribution in [0, 0.1) is 11.3 Å². The minimum absolute atomic E-state index is 0.246. The number of hydrogen-bond donors (Lipinski definition) is 3. The summed E-state index contributed by atoms with van der Waals surface area (Å²) >= 11 is 0. The molecule has 0 unspecified atom stereocenters. The number of carbonyl (C=O) groups excluding carboxylic acids is 1. The first kappa shape index (κ1) is 30.1. The van der Waals surface area contributed by atoms with Gasteiger partial charge in [0.2, 0.25) is 11.9 Å². The van der Waals surface area contributed by atoms with Crippen LogP contribution in [0.4, 0.5) is 28.8 Å². The first-order valence-electron chi connectivity index (χ1n) is 12.3. The van der Waals surface area contributed by atoms with Gasteiger partial charge in [0.05, 0.1) is 30.4 Å². The van der Waals surface area contributed by atoms with E-state index in [-0.39, 0.29) is 11.9 Å². The van der Waals surface area contributed by atoms with E-state index in [1.807, 2.05) is 53.1 Å². The van der Waals surface area contributed by atoms with Gasteiger partial charge in [-0.1, -0.05) is 19.6 Å². The number of nitriles is 1. The van der Waals surface area contributed by atoms with Crippen LogP contribution in [-0.2, 0) is 4.79 Å². The number of anilines is 5. The first-order chi connectivity index (χ1) is 18.1. The van der Waals surface area contributed by atoms with Gasteiger partial charge in [-0.25, -0.2) is 4.98 Å². The molecule has 1 aromatic carbocycles. The summed E-state index contributed by atoms with van der Waals surface area (Å²) in [5.41, 5.74) is 2.97. The highest BCUT2D eigenvalue weighted by Crippen LogP contribution is 2.38. The van der Waals surface area contributed by atoms with E-state index in [2.05, 4.69) is 48.4 Å². The Hall–Kier alpha value is -4.14. The van der Waals surface area contributed by atoms with Gasteiger partial charge in [-0.3, -0.25) is 4.79 Å². The van der Waals surface area contributed by atoms with E-state index >= 15 is 0 Å². The molecule has 0 spiro atoms. The van der Waals surface area contributed by atoms with Crippen LogP contribution >= 0.6 is 0 Å². The van der Waals surface area contributed by atoms with Crippen molar-refractivity contribution in [2.75, 3.05) is 82.8 Å². The third-order valence-electron chi connectivity index (χ3n) is 5.49. The van der Waals surface area contributed by atoms with E-state index in [9.17, 15) is 10.1 Å². The molecular weight excluding hydrogens is 482 g/mol. The van der Waals surface area contributed by atoms with E-state index < -0.39 is 0 Å². The van der Waals surface area contributed by atoms with Crippen molar-refractivity contribution in [3.63, 3.8) is 0 Å². The number of rotatable bonds is 14. The lowest BCUT2D eigenvalue weighted by molar-refractivity contribution is -0.111. The van der Waals surface area contributed by atoms with Gasteiger partial charge in [-0.05, 0) is 40.7 Å². The molecule has 2 aromatic rings. The van der Waals surface area contributed by atoms with Crippen LogP contribution in [0.1, 0.15) is 18.9 Å². The lowest BCUT2D eigenvalue weighted by atomic mass is 10.2. The van der Waals surface area contributed by atoms with E-state index in [1.165, 1.54) is 12.3 Å². The Labute approximate surface area is 225 Å². The fourth-order valence-corrected chi connectivity index (χ4v) is 3.26. The third kappa shape index (κ3) is 9.06. The lowest BCUT2D eigenvalue weighted by Crippen LogP contribution is -2.29. The Morgan fingerprint density at radius 3 is 2.47 bits per heavy atom. The maximum Gasteiger partial charge on any atom is 0.248 e. The number of hydrogen-bond acceptors (Lipinski definition) is 10. The monoisotopic (exact) mass is 521 g/mol. The fraction of sp³-hybridized carbons (Fsp3) is 0.407. The largest absolute Gasteiger partial charge is 0.494 e. The average molecular weight is 522 g/mol. The minimum atomic E-state index is -0.246. The van der Waals surface area contributed by atoms with Gasteiger partial charge in [0.15, 0.2) is 5.82 Å². The smallest absolute Gasteiger partial charge is 0.248 e. The zero-order chi connectivity index (χ0) is 28.2. The highest BCUT2D eigenvalue weighted by molar-refractivity contribution is 6.02. The SMILES string of the molecule is C=C(CC)Nc1nc(Nc2cc(NC(=O)/C=C/CN(C)C)c(N(C)CCN(C)C)cc2OC)ncc1C#N. The normalized spacial score (nSPS) is 10.9. The first-order valence-corrected chi connectivity index (χ1v) is 12.3. The Morgan fingerprint density at radius 1 is 1.13 bits per heavy atom. The lowest BCUT2D eigenvalue weighted by Gasteiger charge is -2.26. The van der Waals surface area contributed by atoms with Crippen LogP contribution in [-0.4, -0.2) is 87.7 Å². The molecule has 0 aliphatic heterocycles. The summed E-state index contributed by atoms with van der Waals surface area (Å²) in [6.45, 7) is 8.09. The van der Waals surface area contributed by atoms with Crippen molar-refractivity contribution >= 4 is 34.7 Å². The van der Waals surface area contributed by atoms with Gasteiger partial charge in [-0.15, -0.1) is 0 Å². The molecule has 11 nitrogen and oxygen atoms in total. The fourth-order valence-electron chi connectivity index (χ4n) is 3.26. The summed E-state index contributed by atoms with van der Waals surface area (Å²) in [5.74, 6) is 0.906. The predicted octanol–water partition coefficient (Wildman–Crippen LogP) is 3.49. The quantitative estimate of drug-likeness (QED) is 0.319. The summed E-state index contributed by atoms with van der Waals surface area (Å²) in [7, 11) is 11.4. The van der Waals surface area contributed by atoms with Gasteiger partial charge in [0.1, 0.15) is 17.4 Å². The predicted molar refractivity (Wildman–Crippen MR) is 154 cm³/mol. The molecule has 38 heavy (non-hydrogen) atoms. The van der Waals surface area contributed by atoms with Gasteiger partial charge in [0.25, 0.3) is 0 Å². The van der Waals surface area contributed by atoms with Gasteiger partial charge in [-0.2, -0.15) is 10.2 Å². The van der Waals surface area contributed by atoms with Crippen molar-refractivity contribution in [3.8, 4) is 11.8 Å². The Morgan fingerprint density at radius 2 is 1.87 bits per heavy atom. The number of allylic oxidation sites excluding steroid dienone is 1. The number of likely N-dealkylation sites (N-methyl/N-ethyl adjacent to an activating group) is 3. The van der Waals surface area contributed by atoms with Crippen molar-refractivity contribution in [3.05, 3.63) is 48.3 Å². The zero-order valence-corrected chi connectivity index (χ0v) is 23.4. The average Bonchev–Trinajstić information content (AvgIpc) is 2.87. The second-order valence-corrected chi connectivity index (χ2v) is 9.22. The molecule has 2 rings (SSSR count). The molecule has 3 N–H and O–H groups in total. The summed E-state index contributed by atoms with van der Waals surface area (Å²) in [4.78, 5) is 27.6. The van der Waals surface area contributed by atoms with Crippen molar-refractivity contribution < 1.29 is 9.53 Å². The maximum absolute atomic E-state index is 12.7. The molecule has 204 valence electrons. The maximum atomic E-state index is 12.7. The number of amides is 1. The molecule has 0 bridgehead atoms. The Bertz CT molecular complexity index is 1190. The molecule has 0 aliphatic rings. The number of nitrogens with one attached hydrogen (secondary N) is 3. The molecule has 11 heteroatoms. The van der Waals surface area contributed by atoms with Crippen molar-refractivity contribution in [1.29, 1.82) is 5.26 Å². The molecule has 0 atom stereocenters. The number of nitrogens with zero attached hydrogens (tertiary/aromatic N) is 6. The molecule has 1 amide bonds. The van der Waals surface area contributed by atoms with Crippen LogP contribution in [0.25, 0.3) is 0 Å². The molecule has 0 aliphatic carbocycles. The number of carbonyl (C=O) groups is 1. The number of ether oxygens (including phenoxy) is 1. The molecule has 0 saturated carbocycles. The van der Waals surface area contributed by atoms with Crippen LogP contribution < -0.4 is 25.6 Å². The molecule has 0 fully saturated rings. The highest BCUT2D eigenvalue weighted by Gasteiger charge is 2.17. The second kappa shape index (κ2) is 14.6. The minimum Gasteiger partial charge on any atom is -0.494 e. The Balaban J connectivity index is 2.48. The van der Waals surface area contributed by atoms with Gasteiger partial charge >= 0.3 is 0 Å². The second-order valence-electron chi connectivity index (χ2n) is 9.22. The van der Waals surface area contributed by atoms with E-state index in [0.717, 1.165) is 24.5 Å². The molecule has 1 aromatic heterocycles. The van der Waals surface area contributed by atoms with Crippen molar-refractivity contribution in [1.82, 2.24) is 19.8 Å². The van der Waals surface area contributed by atoms with E-state index in [1.54, 1.807) is 19.3 Å².